The number of hydrogen-bond donors (Lipinski definition) is 1. The van der Waals surface area contributed by atoms with Crippen LogP contribution >= 0.6 is 0 Å². The first-order valence-electron chi connectivity index (χ1n) is 6.54. The predicted octanol–water partition coefficient (Wildman–Crippen LogP) is 2.44. The van der Waals surface area contributed by atoms with E-state index in [-0.39, 0.29) is 0 Å². The summed E-state index contributed by atoms with van der Waals surface area (Å²) in [6, 6.07) is 0. The number of anilines is 1. The van der Waals surface area contributed by atoms with Gasteiger partial charge < -0.3 is 14.6 Å². The second-order valence-corrected chi connectivity index (χ2v) is 5.27. The van der Waals surface area contributed by atoms with Crippen molar-refractivity contribution in [2.45, 2.75) is 46.3 Å². The highest BCUT2D eigenvalue weighted by Crippen LogP contribution is 2.17. The monoisotopic (exact) mass is 237 g/mol. The molecule has 17 heavy (non-hydrogen) atoms. The first-order chi connectivity index (χ1) is 8.15. The summed E-state index contributed by atoms with van der Waals surface area (Å²) in [6.45, 7) is 9.23. The quantitative estimate of drug-likeness (QED) is 0.855. The van der Waals surface area contributed by atoms with Gasteiger partial charge >= 0.3 is 0 Å². The maximum atomic E-state index is 5.67. The summed E-state index contributed by atoms with van der Waals surface area (Å²) in [5.41, 5.74) is 1.06. The van der Waals surface area contributed by atoms with Crippen LogP contribution in [0, 0.1) is 12.8 Å². The van der Waals surface area contributed by atoms with Gasteiger partial charge in [0, 0.05) is 19.3 Å². The Kier molecular flexibility index (Phi) is 4.05. The van der Waals surface area contributed by atoms with E-state index in [9.17, 15) is 0 Å². The van der Waals surface area contributed by atoms with Crippen LogP contribution in [0.3, 0.4) is 0 Å². The number of nitrogens with one attached hydrogen (secondary N) is 1. The average molecular weight is 237 g/mol. The zero-order chi connectivity index (χ0) is 12.3. The molecule has 0 amide bonds. The van der Waals surface area contributed by atoms with Gasteiger partial charge in [0.15, 0.2) is 0 Å². The largest absolute Gasteiger partial charge is 0.376 e. The van der Waals surface area contributed by atoms with Crippen LogP contribution in [0.5, 0.6) is 0 Å². The molecule has 0 saturated carbocycles. The second kappa shape index (κ2) is 5.54. The number of aryl methyl sites for hydroxylation is 1. The van der Waals surface area contributed by atoms with Crippen molar-refractivity contribution in [3.63, 3.8) is 0 Å². The van der Waals surface area contributed by atoms with Crippen molar-refractivity contribution in [3.8, 4) is 0 Å². The standard InChI is InChI=1S/C13H23N3O/c1-10(2)7-14-13-15-11(3)8-16(13)9-12-5-4-6-17-12/h8,10,12H,4-7,9H2,1-3H3,(H,14,15). The van der Waals surface area contributed by atoms with Crippen LogP contribution in [0.1, 0.15) is 32.4 Å². The van der Waals surface area contributed by atoms with Crippen LogP contribution in [0.2, 0.25) is 0 Å². The lowest BCUT2D eigenvalue weighted by atomic mass is 10.2. The summed E-state index contributed by atoms with van der Waals surface area (Å²) < 4.78 is 7.86. The molecule has 2 heterocycles. The fraction of sp³-hybridized carbons (Fsp3) is 0.769. The van der Waals surface area contributed by atoms with Gasteiger partial charge in [-0.1, -0.05) is 13.8 Å². The molecular formula is C13H23N3O. The Bertz CT molecular complexity index is 354. The van der Waals surface area contributed by atoms with Crippen molar-refractivity contribution < 1.29 is 4.74 Å². The minimum Gasteiger partial charge on any atom is -0.376 e. The molecule has 1 unspecified atom stereocenters. The van der Waals surface area contributed by atoms with Crippen LogP contribution in [-0.2, 0) is 11.3 Å². The highest BCUT2D eigenvalue weighted by molar-refractivity contribution is 5.28. The molecule has 0 bridgehead atoms. The molecule has 1 aromatic heterocycles. The van der Waals surface area contributed by atoms with Gasteiger partial charge in [0.2, 0.25) is 5.95 Å². The Labute approximate surface area is 103 Å². The number of hydrogen-bond acceptors (Lipinski definition) is 3. The molecule has 2 rings (SSSR count). The molecule has 0 radical (unpaired) electrons. The van der Waals surface area contributed by atoms with Crippen LogP contribution < -0.4 is 5.32 Å². The molecule has 1 aromatic rings. The molecule has 4 nitrogen and oxygen atoms in total. The Morgan fingerprint density at radius 2 is 2.41 bits per heavy atom. The highest BCUT2D eigenvalue weighted by atomic mass is 16.5. The molecule has 1 atom stereocenters. The minimum absolute atomic E-state index is 0.364. The summed E-state index contributed by atoms with van der Waals surface area (Å²) in [7, 11) is 0. The van der Waals surface area contributed by atoms with E-state index in [1.807, 2.05) is 6.92 Å². The lowest BCUT2D eigenvalue weighted by Gasteiger charge is -2.14. The summed E-state index contributed by atoms with van der Waals surface area (Å²) in [5, 5.41) is 3.40. The maximum Gasteiger partial charge on any atom is 0.203 e. The van der Waals surface area contributed by atoms with Gasteiger partial charge in [0.05, 0.1) is 18.3 Å². The third-order valence-electron chi connectivity index (χ3n) is 2.99. The SMILES string of the molecule is Cc1cn(CC2CCCO2)c(NCC(C)C)n1. The van der Waals surface area contributed by atoms with Gasteiger partial charge in [-0.05, 0) is 25.7 Å². The van der Waals surface area contributed by atoms with Crippen LogP contribution in [0.4, 0.5) is 5.95 Å². The van der Waals surface area contributed by atoms with Gasteiger partial charge in [0.1, 0.15) is 0 Å². The predicted molar refractivity (Wildman–Crippen MR) is 69.3 cm³/mol. The van der Waals surface area contributed by atoms with Gasteiger partial charge in [0.25, 0.3) is 0 Å². The number of nitrogens with zero attached hydrogens (tertiary/aromatic N) is 2. The van der Waals surface area contributed by atoms with Crippen LogP contribution in [-0.4, -0.2) is 28.8 Å². The Balaban J connectivity index is 1.98. The maximum absolute atomic E-state index is 5.67. The number of imidazole rings is 1. The molecule has 0 aliphatic carbocycles. The van der Waals surface area contributed by atoms with Gasteiger partial charge in [-0.15, -0.1) is 0 Å². The van der Waals surface area contributed by atoms with Crippen molar-refractivity contribution in [3.05, 3.63) is 11.9 Å². The van der Waals surface area contributed by atoms with E-state index in [2.05, 4.69) is 34.9 Å². The van der Waals surface area contributed by atoms with Crippen molar-refractivity contribution >= 4 is 5.95 Å². The fourth-order valence-electron chi connectivity index (χ4n) is 2.13. The zero-order valence-electron chi connectivity index (χ0n) is 11.1. The van der Waals surface area contributed by atoms with Crippen LogP contribution in [0.25, 0.3) is 0 Å². The van der Waals surface area contributed by atoms with E-state index in [1.165, 1.54) is 12.8 Å². The van der Waals surface area contributed by atoms with Gasteiger partial charge in [-0.3, -0.25) is 0 Å². The van der Waals surface area contributed by atoms with Crippen molar-refractivity contribution in [1.29, 1.82) is 0 Å². The van der Waals surface area contributed by atoms with Crippen LogP contribution in [0.15, 0.2) is 6.20 Å². The molecule has 96 valence electrons. The van der Waals surface area contributed by atoms with Crippen molar-refractivity contribution in [1.82, 2.24) is 9.55 Å². The summed E-state index contributed by atoms with van der Waals surface area (Å²) >= 11 is 0. The summed E-state index contributed by atoms with van der Waals surface area (Å²) in [6.07, 6.45) is 4.82. The van der Waals surface area contributed by atoms with Gasteiger partial charge in [-0.2, -0.15) is 0 Å². The van der Waals surface area contributed by atoms with E-state index in [1.54, 1.807) is 0 Å². The minimum atomic E-state index is 0.364. The summed E-state index contributed by atoms with van der Waals surface area (Å²) in [4.78, 5) is 4.52. The molecule has 1 aliphatic heterocycles. The van der Waals surface area contributed by atoms with E-state index < -0.39 is 0 Å². The number of rotatable bonds is 5. The second-order valence-electron chi connectivity index (χ2n) is 5.27. The molecule has 0 aromatic carbocycles. The third-order valence-corrected chi connectivity index (χ3v) is 2.99. The Morgan fingerprint density at radius 3 is 3.06 bits per heavy atom. The van der Waals surface area contributed by atoms with Gasteiger partial charge in [-0.25, -0.2) is 4.98 Å². The molecule has 4 heteroatoms. The van der Waals surface area contributed by atoms with E-state index in [0.717, 1.165) is 31.3 Å². The number of aromatic nitrogens is 2. The number of ether oxygens (including phenoxy) is 1. The molecule has 1 fully saturated rings. The zero-order valence-corrected chi connectivity index (χ0v) is 11.1. The molecule has 1 aliphatic rings. The summed E-state index contributed by atoms with van der Waals surface area (Å²) in [5.74, 6) is 1.61. The third kappa shape index (κ3) is 3.46. The Hall–Kier alpha value is -1.03. The molecular weight excluding hydrogens is 214 g/mol. The molecule has 0 spiro atoms. The first-order valence-corrected chi connectivity index (χ1v) is 6.54. The topological polar surface area (TPSA) is 39.1 Å². The molecule has 1 saturated heterocycles. The van der Waals surface area contributed by atoms with E-state index in [0.29, 0.717) is 12.0 Å². The smallest absolute Gasteiger partial charge is 0.203 e. The lowest BCUT2D eigenvalue weighted by Crippen LogP contribution is -2.18. The highest BCUT2D eigenvalue weighted by Gasteiger charge is 2.17. The van der Waals surface area contributed by atoms with Crippen molar-refractivity contribution in [2.24, 2.45) is 5.92 Å². The Morgan fingerprint density at radius 1 is 1.59 bits per heavy atom. The lowest BCUT2D eigenvalue weighted by molar-refractivity contribution is 0.0974. The normalized spacial score (nSPS) is 20.1. The average Bonchev–Trinajstić information content (AvgIpc) is 2.86. The van der Waals surface area contributed by atoms with E-state index >= 15 is 0 Å². The first kappa shape index (κ1) is 12.4. The fourth-order valence-corrected chi connectivity index (χ4v) is 2.13. The van der Waals surface area contributed by atoms with E-state index in [4.69, 9.17) is 4.74 Å². The van der Waals surface area contributed by atoms with Crippen molar-refractivity contribution in [2.75, 3.05) is 18.5 Å². The molecule has 1 N–H and O–H groups in total.